The summed E-state index contributed by atoms with van der Waals surface area (Å²) in [5.74, 6) is 1.03. The Labute approximate surface area is 158 Å². The number of hydrogen-bond donors (Lipinski definition) is 0. The summed E-state index contributed by atoms with van der Waals surface area (Å²) in [5.41, 5.74) is 32.9. The van der Waals surface area contributed by atoms with Crippen molar-refractivity contribution in [2.24, 2.45) is 17.8 Å². The molecule has 0 rings (SSSR count). The van der Waals surface area contributed by atoms with Crippen molar-refractivity contribution < 1.29 is 0 Å². The zero-order chi connectivity index (χ0) is 19.5. The lowest BCUT2D eigenvalue weighted by Crippen LogP contribution is -2.07. The van der Waals surface area contributed by atoms with Gasteiger partial charge in [-0.25, -0.2) is 0 Å². The molecule has 3 unspecified atom stereocenters. The van der Waals surface area contributed by atoms with Gasteiger partial charge in [0.15, 0.2) is 0 Å². The molecule has 0 aromatic carbocycles. The lowest BCUT2D eigenvalue weighted by atomic mass is 9.86. The van der Waals surface area contributed by atoms with Crippen molar-refractivity contribution in [3.63, 3.8) is 0 Å². The Bertz CT molecular complexity index is 925. The van der Waals surface area contributed by atoms with E-state index >= 15 is 0 Å². The molecule has 128 valence electrons. The van der Waals surface area contributed by atoms with E-state index in [0.29, 0.717) is 17.8 Å². The molecule has 0 aliphatic carbocycles. The van der Waals surface area contributed by atoms with Crippen molar-refractivity contribution in [1.29, 1.82) is 0 Å². The first kappa shape index (κ1) is 22.6. The highest BCUT2D eigenvalue weighted by molar-refractivity contribution is 4.98. The van der Waals surface area contributed by atoms with Crippen LogP contribution in [0.25, 0.3) is 0 Å². The maximum atomic E-state index is 3.46. The van der Waals surface area contributed by atoms with Crippen LogP contribution in [0, 0.1) is 17.8 Å². The summed E-state index contributed by atoms with van der Waals surface area (Å²) < 4.78 is 0. The monoisotopic (exact) mass is 336 g/mol. The minimum atomic E-state index is 0.322. The first-order valence-corrected chi connectivity index (χ1v) is 8.50. The fraction of sp³-hybridized carbons (Fsp3) is 0.308. The van der Waals surface area contributed by atoms with Gasteiger partial charge in [-0.05, 0) is 109 Å². The van der Waals surface area contributed by atoms with E-state index in [1.54, 1.807) is 0 Å². The van der Waals surface area contributed by atoms with Crippen LogP contribution in [0.1, 0.15) is 33.1 Å². The van der Waals surface area contributed by atoms with E-state index in [1.807, 2.05) is 18.2 Å². The van der Waals surface area contributed by atoms with Gasteiger partial charge in [-0.1, -0.05) is 48.2 Å². The predicted octanol–water partition coefficient (Wildman–Crippen LogP) is 6.46. The van der Waals surface area contributed by atoms with Gasteiger partial charge in [0.1, 0.15) is 0 Å². The molecule has 0 aliphatic heterocycles. The highest BCUT2D eigenvalue weighted by atomic mass is 14.2. The van der Waals surface area contributed by atoms with E-state index in [2.05, 4.69) is 102 Å². The second-order valence-corrected chi connectivity index (χ2v) is 5.59. The SMILES string of the molecule is C=C=C=C=C=CC(C)CC(C=C=C=C=C=C)CC(C=C=C=C=C=C)CC. The van der Waals surface area contributed by atoms with E-state index in [4.69, 9.17) is 0 Å². The molecule has 0 aromatic heterocycles. The van der Waals surface area contributed by atoms with Gasteiger partial charge in [-0.3, -0.25) is 0 Å². The quantitative estimate of drug-likeness (QED) is 0.446. The Morgan fingerprint density at radius 3 is 1.58 bits per heavy atom. The highest BCUT2D eigenvalue weighted by Crippen LogP contribution is 2.24. The summed E-state index contributed by atoms with van der Waals surface area (Å²) in [6.45, 7) is 14.6. The van der Waals surface area contributed by atoms with Crippen LogP contribution < -0.4 is 0 Å². The first-order valence-electron chi connectivity index (χ1n) is 8.50. The molecule has 0 heteroatoms. The molecule has 0 spiro atoms. The molecule has 0 N–H and O–H groups in total. The summed E-state index contributed by atoms with van der Waals surface area (Å²) in [5, 5.41) is 0. The Balaban J connectivity index is 5.55. The fourth-order valence-electron chi connectivity index (χ4n) is 2.26. The van der Waals surface area contributed by atoms with Gasteiger partial charge in [0.25, 0.3) is 0 Å². The highest BCUT2D eigenvalue weighted by Gasteiger charge is 2.13. The Morgan fingerprint density at radius 1 is 0.654 bits per heavy atom. The van der Waals surface area contributed by atoms with Crippen LogP contribution in [0.4, 0.5) is 0 Å². The molecular weight excluding hydrogens is 312 g/mol. The van der Waals surface area contributed by atoms with Crippen molar-refractivity contribution >= 4 is 0 Å². The predicted molar refractivity (Wildman–Crippen MR) is 108 cm³/mol. The van der Waals surface area contributed by atoms with Crippen LogP contribution in [0.15, 0.2) is 107 Å². The second-order valence-electron chi connectivity index (χ2n) is 5.59. The third-order valence-corrected chi connectivity index (χ3v) is 3.48. The zero-order valence-electron chi connectivity index (χ0n) is 15.7. The molecule has 0 saturated carbocycles. The van der Waals surface area contributed by atoms with Crippen LogP contribution in [0.2, 0.25) is 0 Å². The smallest absolute Gasteiger partial charge is 0.0105 e. The van der Waals surface area contributed by atoms with Crippen LogP contribution in [-0.4, -0.2) is 0 Å². The largest absolute Gasteiger partial charge is 0.0687 e. The van der Waals surface area contributed by atoms with Crippen LogP contribution in [-0.2, 0) is 0 Å². The van der Waals surface area contributed by atoms with Crippen molar-refractivity contribution in [2.45, 2.75) is 33.1 Å². The molecule has 0 nitrogen and oxygen atoms in total. The molecule has 0 radical (unpaired) electrons. The minimum absolute atomic E-state index is 0.322. The third kappa shape index (κ3) is 13.1. The molecule has 0 heterocycles. The summed E-state index contributed by atoms with van der Waals surface area (Å²) in [7, 11) is 0. The molecule has 26 heavy (non-hydrogen) atoms. The molecule has 0 saturated heterocycles. The van der Waals surface area contributed by atoms with E-state index in [9.17, 15) is 0 Å². The minimum Gasteiger partial charge on any atom is -0.0687 e. The van der Waals surface area contributed by atoms with Gasteiger partial charge in [0, 0.05) is 0 Å². The molecule has 0 aromatic rings. The van der Waals surface area contributed by atoms with E-state index in [-0.39, 0.29) is 0 Å². The standard InChI is InChI=1S/C26H24/c1-6-10-13-16-19-24(5)22-26(21-18-15-12-8-3)23-25(9-4)20-17-14-11-7-2/h19-21,24-26H,1-3,9,22-23H2,4-5H3. The van der Waals surface area contributed by atoms with Crippen molar-refractivity contribution in [1.82, 2.24) is 0 Å². The molecule has 0 aliphatic rings. The summed E-state index contributed by atoms with van der Waals surface area (Å²) in [6, 6.07) is 0. The molecule has 0 fully saturated rings. The van der Waals surface area contributed by atoms with Gasteiger partial charge in [-0.2, -0.15) is 0 Å². The Hall–Kier alpha value is -3.42. The van der Waals surface area contributed by atoms with Crippen LogP contribution in [0.3, 0.4) is 0 Å². The first-order chi connectivity index (χ1) is 12.7. The summed E-state index contributed by atoms with van der Waals surface area (Å²) in [4.78, 5) is 0. The summed E-state index contributed by atoms with van der Waals surface area (Å²) >= 11 is 0. The lowest BCUT2D eigenvalue weighted by molar-refractivity contribution is 0.416. The average molecular weight is 336 g/mol. The Morgan fingerprint density at radius 2 is 1.12 bits per heavy atom. The maximum absolute atomic E-state index is 3.46. The third-order valence-electron chi connectivity index (χ3n) is 3.48. The molecule has 0 amide bonds. The maximum Gasteiger partial charge on any atom is -0.0105 e. The van der Waals surface area contributed by atoms with Gasteiger partial charge >= 0.3 is 0 Å². The van der Waals surface area contributed by atoms with Crippen molar-refractivity contribution in [2.75, 3.05) is 0 Å². The average Bonchev–Trinajstić information content (AvgIpc) is 2.64. The van der Waals surface area contributed by atoms with Crippen molar-refractivity contribution in [3.8, 4) is 0 Å². The van der Waals surface area contributed by atoms with Gasteiger partial charge in [0.2, 0.25) is 0 Å². The van der Waals surface area contributed by atoms with Gasteiger partial charge < -0.3 is 0 Å². The fourth-order valence-corrected chi connectivity index (χ4v) is 2.26. The Kier molecular flexibility index (Phi) is 14.3. The van der Waals surface area contributed by atoms with Crippen LogP contribution >= 0.6 is 0 Å². The lowest BCUT2D eigenvalue weighted by Gasteiger charge is -2.18. The van der Waals surface area contributed by atoms with E-state index < -0.39 is 0 Å². The van der Waals surface area contributed by atoms with Gasteiger partial charge in [0.05, 0.1) is 0 Å². The normalized spacial score (nSPS) is 10.8. The van der Waals surface area contributed by atoms with Crippen LogP contribution in [0.5, 0.6) is 0 Å². The zero-order valence-corrected chi connectivity index (χ0v) is 15.7. The molecular formula is C26H24. The van der Waals surface area contributed by atoms with E-state index in [1.165, 1.54) is 0 Å². The number of rotatable bonds is 8. The van der Waals surface area contributed by atoms with E-state index in [0.717, 1.165) is 19.3 Å². The second kappa shape index (κ2) is 16.4. The van der Waals surface area contributed by atoms with Gasteiger partial charge in [-0.15, -0.1) is 0 Å². The van der Waals surface area contributed by atoms with Crippen molar-refractivity contribution in [3.05, 3.63) is 107 Å². The summed E-state index contributed by atoms with van der Waals surface area (Å²) in [6.07, 6.45) is 8.96. The molecule has 0 bridgehead atoms. The topological polar surface area (TPSA) is 0 Å². The number of allylic oxidation sites excluding steroid dienone is 3. The molecule has 3 atom stereocenters. The number of hydrogen-bond acceptors (Lipinski definition) is 0.